The van der Waals surface area contributed by atoms with Crippen molar-refractivity contribution in [2.75, 3.05) is 26.4 Å². The van der Waals surface area contributed by atoms with Gasteiger partial charge in [0, 0.05) is 44.5 Å². The molecule has 4 unspecified atom stereocenters. The summed E-state index contributed by atoms with van der Waals surface area (Å²) in [5.41, 5.74) is 11.8. The molecule has 2 aromatic heterocycles. The molecule has 0 N–H and O–H groups in total. The molecule has 4 atom stereocenters. The number of aromatic nitrogens is 4. The SMILES string of the molecule is [Pt+2].c1ccc2c(c1)OCC(c1c3nc(c(C4COc5ccccc5O4)c4[n-]c(c(C5COc6ccccc6O5)c5nc(c(C6COc7ccccc7O6)c6[n-]c1c1cc7ccccc7cc61)-c1cc6ccccc6cc1-5)c1cc5ccccc5cc41)-c1cc4ccccc4cc1-3)O2. The summed E-state index contributed by atoms with van der Waals surface area (Å²) < 4.78 is 56.9. The minimum Gasteiger partial charge on any atom is -0.656 e. The van der Waals surface area contributed by atoms with Crippen LogP contribution in [0.5, 0.6) is 46.0 Å². The van der Waals surface area contributed by atoms with Crippen LogP contribution in [0, 0.1) is 0 Å². The van der Waals surface area contributed by atoms with Gasteiger partial charge in [0.15, 0.2) is 70.4 Å². The van der Waals surface area contributed by atoms with Crippen molar-refractivity contribution in [3.8, 4) is 91.0 Å². The van der Waals surface area contributed by atoms with E-state index in [0.717, 1.165) is 109 Å². The van der Waals surface area contributed by atoms with Gasteiger partial charge in [-0.3, -0.25) is 0 Å². The number of benzene rings is 12. The zero-order chi connectivity index (χ0) is 62.7. The van der Waals surface area contributed by atoms with Crippen molar-refractivity contribution in [2.24, 2.45) is 0 Å². The van der Waals surface area contributed by atoms with E-state index in [1.54, 1.807) is 0 Å². The van der Waals surface area contributed by atoms with Crippen LogP contribution in [0.15, 0.2) is 243 Å². The van der Waals surface area contributed by atoms with Crippen molar-refractivity contribution in [3.63, 3.8) is 0 Å². The monoisotopic (exact) mass is 1440 g/mol. The molecule has 0 saturated carbocycles. The third-order valence-corrected chi connectivity index (χ3v) is 19.8. The van der Waals surface area contributed by atoms with E-state index in [2.05, 4.69) is 146 Å². The first-order valence-electron chi connectivity index (χ1n) is 32.5. The Hall–Kier alpha value is -11.6. The molecule has 0 spiro atoms. The van der Waals surface area contributed by atoms with E-state index in [1.807, 2.05) is 97.1 Å². The summed E-state index contributed by atoms with van der Waals surface area (Å²) in [6.45, 7) is 0.586. The molecule has 21 rings (SSSR count). The van der Waals surface area contributed by atoms with Gasteiger partial charge < -0.3 is 47.9 Å². The predicted octanol–water partition coefficient (Wildman–Crippen LogP) is 19.2. The standard InChI is InChI=1S/C84H52N4O8.Pt/c1-2-18-46-34-54-53(33-45(46)17-1)77-73(69-41-89-61-25-9-13-29-65(61)93-69)79-55-35-47-19-3-4-20-48(47)36-56(55)81(86-79)75(71-43-91-63-27-11-15-31-67(63)95-71)83-59-39-51-23-7-8-24-52(51)40-60(59)84(88-83)76(72-44-92-64-28-12-16-32-68(64)96-72)82-58-38-50-22-6-5-21-49(50)37-57(58)80(87-82)74(78(54)85-77)70-42-90-62-26-10-14-30-66(62)94-70;/h1-40,69-72H,41-44H2;/q-2;+2. The summed E-state index contributed by atoms with van der Waals surface area (Å²) >= 11 is 0. The summed E-state index contributed by atoms with van der Waals surface area (Å²) in [5, 5.41) is 11.8. The second-order valence-electron chi connectivity index (χ2n) is 25.3. The van der Waals surface area contributed by atoms with Crippen LogP contribution in [0.4, 0.5) is 0 Å². The fraction of sp³-hybridized carbons (Fsp3) is 0.0952. The average molecular weight is 1440 g/mol. The Bertz CT molecular complexity index is 5360. The Morgan fingerprint density at radius 2 is 0.443 bits per heavy atom. The van der Waals surface area contributed by atoms with Crippen molar-refractivity contribution in [2.45, 2.75) is 24.4 Å². The van der Waals surface area contributed by atoms with E-state index in [9.17, 15) is 0 Å². The molecule has 13 heteroatoms. The Balaban J connectivity index is 0.00000641. The summed E-state index contributed by atoms with van der Waals surface area (Å²) in [4.78, 5) is 24.7. The molecule has 8 heterocycles. The molecule has 7 aliphatic rings. The van der Waals surface area contributed by atoms with E-state index in [0.29, 0.717) is 90.8 Å². The third kappa shape index (κ3) is 8.72. The van der Waals surface area contributed by atoms with Crippen LogP contribution in [0.1, 0.15) is 46.7 Å². The summed E-state index contributed by atoms with van der Waals surface area (Å²) in [6.07, 6.45) is -3.02. The molecule has 0 amide bonds. The summed E-state index contributed by atoms with van der Waals surface area (Å²) in [7, 11) is 0. The molecule has 0 radical (unpaired) electrons. The van der Waals surface area contributed by atoms with Crippen LogP contribution in [-0.2, 0) is 21.1 Å². The molecule has 12 aromatic carbocycles. The second-order valence-corrected chi connectivity index (χ2v) is 25.3. The first-order valence-corrected chi connectivity index (χ1v) is 32.5. The molecule has 1 aliphatic carbocycles. The fourth-order valence-corrected chi connectivity index (χ4v) is 15.4. The zero-order valence-corrected chi connectivity index (χ0v) is 53.9. The minimum absolute atomic E-state index is 0. The first kappa shape index (κ1) is 55.8. The number of rotatable bonds is 4. The summed E-state index contributed by atoms with van der Waals surface area (Å²) in [5.74, 6) is 5.03. The van der Waals surface area contributed by atoms with Gasteiger partial charge in [-0.05, 0) is 162 Å². The van der Waals surface area contributed by atoms with Crippen molar-refractivity contribution < 1.29 is 59.0 Å². The quantitative estimate of drug-likeness (QED) is 0.166. The molecule has 6 aliphatic heterocycles. The second kappa shape index (κ2) is 21.7. The van der Waals surface area contributed by atoms with E-state index in [4.69, 9.17) is 57.8 Å². The largest absolute Gasteiger partial charge is 2.00 e. The van der Waals surface area contributed by atoms with Gasteiger partial charge in [-0.1, -0.05) is 146 Å². The van der Waals surface area contributed by atoms with Crippen LogP contribution in [0.2, 0.25) is 0 Å². The van der Waals surface area contributed by atoms with Crippen LogP contribution in [-0.4, -0.2) is 36.4 Å². The topological polar surface area (TPSA) is 128 Å². The number of hydrogen-bond donors (Lipinski definition) is 0. The molecule has 97 heavy (non-hydrogen) atoms. The van der Waals surface area contributed by atoms with Gasteiger partial charge in [-0.2, -0.15) is 0 Å². The van der Waals surface area contributed by atoms with E-state index in [-0.39, 0.29) is 47.5 Å². The molecule has 14 aromatic rings. The normalized spacial score (nSPS) is 17.1. The van der Waals surface area contributed by atoms with Crippen molar-refractivity contribution >= 4 is 86.7 Å². The van der Waals surface area contributed by atoms with E-state index >= 15 is 0 Å². The Morgan fingerprint density at radius 1 is 0.247 bits per heavy atom. The fourth-order valence-electron chi connectivity index (χ4n) is 15.4. The smallest absolute Gasteiger partial charge is 0.656 e. The van der Waals surface area contributed by atoms with E-state index in [1.165, 1.54) is 0 Å². The average Bonchev–Trinajstić information content (AvgIpc) is 1.56. The molecule has 0 saturated heterocycles. The number of hydrogen-bond acceptors (Lipinski definition) is 10. The summed E-state index contributed by atoms with van der Waals surface area (Å²) in [6, 6.07) is 83.5. The first-order chi connectivity index (χ1) is 47.5. The maximum Gasteiger partial charge on any atom is 2.00 e. The molecule has 0 fully saturated rings. The molecule has 8 bridgehead atoms. The van der Waals surface area contributed by atoms with Crippen LogP contribution in [0.3, 0.4) is 0 Å². The van der Waals surface area contributed by atoms with Gasteiger partial charge in [-0.25, -0.2) is 9.97 Å². The minimum atomic E-state index is -0.755. The zero-order valence-electron chi connectivity index (χ0n) is 51.6. The Labute approximate surface area is 568 Å². The van der Waals surface area contributed by atoms with E-state index < -0.39 is 24.4 Å². The van der Waals surface area contributed by atoms with Crippen LogP contribution in [0.25, 0.3) is 132 Å². The Kier molecular flexibility index (Phi) is 12.5. The van der Waals surface area contributed by atoms with Gasteiger partial charge in [0.1, 0.15) is 26.4 Å². The maximum atomic E-state index is 7.39. The van der Waals surface area contributed by atoms with Crippen molar-refractivity contribution in [1.29, 1.82) is 0 Å². The molecule has 466 valence electrons. The number of nitrogens with zero attached hydrogens (tertiary/aromatic N) is 4. The predicted molar refractivity (Wildman–Crippen MR) is 374 cm³/mol. The number of ether oxygens (including phenoxy) is 8. The van der Waals surface area contributed by atoms with Crippen LogP contribution >= 0.6 is 0 Å². The van der Waals surface area contributed by atoms with Crippen molar-refractivity contribution in [1.82, 2.24) is 19.9 Å². The maximum absolute atomic E-state index is 7.39. The van der Waals surface area contributed by atoms with Gasteiger partial charge in [-0.15, -0.1) is 22.1 Å². The number of fused-ring (bicyclic) bond motifs is 8. The van der Waals surface area contributed by atoms with Gasteiger partial charge >= 0.3 is 21.1 Å². The third-order valence-electron chi connectivity index (χ3n) is 19.8. The number of para-hydroxylation sites is 8. The van der Waals surface area contributed by atoms with Gasteiger partial charge in [0.2, 0.25) is 0 Å². The van der Waals surface area contributed by atoms with Gasteiger partial charge in [0.25, 0.3) is 0 Å². The molecular weight excluding hydrogens is 1390 g/mol. The molecule has 12 nitrogen and oxygen atoms in total. The van der Waals surface area contributed by atoms with Crippen LogP contribution < -0.4 is 47.9 Å². The Morgan fingerprint density at radius 3 is 0.670 bits per heavy atom. The molecular formula is C84H52N4O8Pt. The van der Waals surface area contributed by atoms with Crippen molar-refractivity contribution in [3.05, 3.63) is 265 Å². The van der Waals surface area contributed by atoms with Gasteiger partial charge in [0.05, 0.1) is 22.8 Å².